The van der Waals surface area contributed by atoms with Gasteiger partial charge in [-0.15, -0.1) is 0 Å². The molecule has 0 amide bonds. The van der Waals surface area contributed by atoms with Gasteiger partial charge in [0, 0.05) is 0 Å². The zero-order chi connectivity index (χ0) is 9.94. The van der Waals surface area contributed by atoms with Gasteiger partial charge in [-0.3, -0.25) is 9.32 Å². The van der Waals surface area contributed by atoms with Gasteiger partial charge in [-0.1, -0.05) is 0 Å². The first-order chi connectivity index (χ1) is 5.24. The smallest absolute Gasteiger partial charge is 0.471 e. The molecule has 0 aliphatic heterocycles. The molecule has 0 aliphatic carbocycles. The van der Waals surface area contributed by atoms with E-state index in [0.29, 0.717) is 0 Å². The van der Waals surface area contributed by atoms with E-state index in [0.717, 1.165) is 0 Å². The maximum atomic E-state index is 10.0. The molecule has 0 aliphatic rings. The number of aliphatic hydroxyl groups excluding tert-OH is 1. The lowest BCUT2D eigenvalue weighted by atomic mass is 10.3. The SMILES string of the molecule is N[C@H](C(=O)O)[C@H](O)OP(=O)(O)O. The second-order valence-corrected chi connectivity index (χ2v) is 3.04. The van der Waals surface area contributed by atoms with Gasteiger partial charge in [0.1, 0.15) is 0 Å². The molecular formula is C3H8NO7P. The molecule has 0 heterocycles. The highest BCUT2D eigenvalue weighted by atomic mass is 31.2. The van der Waals surface area contributed by atoms with E-state index in [9.17, 15) is 9.36 Å². The Morgan fingerprint density at radius 2 is 1.92 bits per heavy atom. The fraction of sp³-hybridized carbons (Fsp3) is 0.667. The molecule has 0 radical (unpaired) electrons. The fourth-order valence-corrected chi connectivity index (χ4v) is 0.741. The molecule has 72 valence electrons. The van der Waals surface area contributed by atoms with Crippen LogP contribution in [0.3, 0.4) is 0 Å². The number of aliphatic carboxylic acids is 1. The van der Waals surface area contributed by atoms with Crippen LogP contribution in [0.1, 0.15) is 0 Å². The summed E-state index contributed by atoms with van der Waals surface area (Å²) >= 11 is 0. The summed E-state index contributed by atoms with van der Waals surface area (Å²) in [6.45, 7) is 0. The van der Waals surface area contributed by atoms with Gasteiger partial charge in [0.15, 0.2) is 12.3 Å². The number of aliphatic hydroxyl groups is 1. The molecule has 8 nitrogen and oxygen atoms in total. The summed E-state index contributed by atoms with van der Waals surface area (Å²) in [5.74, 6) is -1.63. The lowest BCUT2D eigenvalue weighted by Crippen LogP contribution is -2.42. The van der Waals surface area contributed by atoms with Crippen LogP contribution >= 0.6 is 7.82 Å². The maximum absolute atomic E-state index is 10.0. The molecule has 0 aromatic heterocycles. The van der Waals surface area contributed by atoms with Crippen molar-refractivity contribution in [3.8, 4) is 0 Å². The molecule has 9 heteroatoms. The van der Waals surface area contributed by atoms with Crippen LogP contribution in [0.5, 0.6) is 0 Å². The second-order valence-electron chi connectivity index (χ2n) is 1.85. The number of carboxylic acid groups (broad SMARTS) is 1. The van der Waals surface area contributed by atoms with Crippen LogP contribution in [-0.2, 0) is 13.9 Å². The third kappa shape index (κ3) is 4.39. The lowest BCUT2D eigenvalue weighted by molar-refractivity contribution is -0.148. The van der Waals surface area contributed by atoms with Gasteiger partial charge < -0.3 is 25.7 Å². The summed E-state index contributed by atoms with van der Waals surface area (Å²) in [6.07, 6.45) is -2.23. The maximum Gasteiger partial charge on any atom is 0.471 e. The van der Waals surface area contributed by atoms with Crippen LogP contribution in [0, 0.1) is 0 Å². The normalized spacial score (nSPS) is 17.0. The first kappa shape index (κ1) is 11.5. The number of carboxylic acids is 1. The third-order valence-electron chi connectivity index (χ3n) is 0.838. The minimum absolute atomic E-state index is 1.63. The van der Waals surface area contributed by atoms with E-state index in [1.807, 2.05) is 0 Å². The number of phosphoric ester groups is 1. The molecule has 0 unspecified atom stereocenters. The van der Waals surface area contributed by atoms with Gasteiger partial charge in [-0.2, -0.15) is 0 Å². The van der Waals surface area contributed by atoms with Gasteiger partial charge in [-0.05, 0) is 0 Å². The van der Waals surface area contributed by atoms with E-state index in [2.05, 4.69) is 4.52 Å². The number of rotatable bonds is 4. The Balaban J connectivity index is 4.13. The van der Waals surface area contributed by atoms with Crippen molar-refractivity contribution >= 4 is 13.8 Å². The fourth-order valence-electron chi connectivity index (χ4n) is 0.328. The summed E-state index contributed by atoms with van der Waals surface area (Å²) in [6, 6.07) is -1.89. The lowest BCUT2D eigenvalue weighted by Gasteiger charge is -2.15. The molecular weight excluding hydrogens is 193 g/mol. The highest BCUT2D eigenvalue weighted by molar-refractivity contribution is 7.46. The molecule has 0 saturated heterocycles. The number of hydrogen-bond acceptors (Lipinski definition) is 5. The van der Waals surface area contributed by atoms with E-state index < -0.39 is 26.1 Å². The van der Waals surface area contributed by atoms with Crippen LogP contribution in [0.25, 0.3) is 0 Å². The highest BCUT2D eigenvalue weighted by Gasteiger charge is 2.29. The zero-order valence-electron chi connectivity index (χ0n) is 5.69. The van der Waals surface area contributed by atoms with Gasteiger partial charge in [0.2, 0.25) is 0 Å². The van der Waals surface area contributed by atoms with Crippen LogP contribution in [-0.4, -0.2) is 38.3 Å². The Bertz CT molecular complexity index is 211. The van der Waals surface area contributed by atoms with E-state index in [4.69, 9.17) is 25.7 Å². The Morgan fingerprint density at radius 3 is 2.17 bits per heavy atom. The number of carbonyl (C=O) groups is 1. The van der Waals surface area contributed by atoms with Crippen molar-refractivity contribution in [2.75, 3.05) is 0 Å². The predicted molar refractivity (Wildman–Crippen MR) is 34.7 cm³/mol. The third-order valence-corrected chi connectivity index (χ3v) is 1.33. The van der Waals surface area contributed by atoms with Crippen LogP contribution in [0.15, 0.2) is 0 Å². The van der Waals surface area contributed by atoms with E-state index in [1.54, 1.807) is 0 Å². The van der Waals surface area contributed by atoms with Gasteiger partial charge >= 0.3 is 13.8 Å². The van der Waals surface area contributed by atoms with Crippen molar-refractivity contribution in [1.29, 1.82) is 0 Å². The predicted octanol–water partition coefficient (Wildman–Crippen LogP) is -2.17. The average molecular weight is 201 g/mol. The van der Waals surface area contributed by atoms with Crippen LogP contribution < -0.4 is 5.73 Å². The molecule has 0 spiro atoms. The molecule has 2 atom stereocenters. The average Bonchev–Trinajstić information content (AvgIpc) is 1.82. The Labute approximate surface area is 66.8 Å². The van der Waals surface area contributed by atoms with Crippen molar-refractivity contribution in [3.05, 3.63) is 0 Å². The molecule has 0 aromatic carbocycles. The summed E-state index contributed by atoms with van der Waals surface area (Å²) in [5.41, 5.74) is 4.75. The minimum atomic E-state index is -4.91. The Hall–Kier alpha value is -0.500. The monoisotopic (exact) mass is 201 g/mol. The van der Waals surface area contributed by atoms with Crippen molar-refractivity contribution in [1.82, 2.24) is 0 Å². The number of phosphoric acid groups is 1. The molecule has 0 saturated carbocycles. The van der Waals surface area contributed by atoms with Crippen molar-refractivity contribution in [2.24, 2.45) is 5.73 Å². The summed E-state index contributed by atoms with van der Waals surface area (Å²) < 4.78 is 13.6. The van der Waals surface area contributed by atoms with Crippen molar-refractivity contribution < 1.29 is 33.9 Å². The summed E-state index contributed by atoms with van der Waals surface area (Å²) in [5, 5.41) is 16.7. The number of hydrogen-bond donors (Lipinski definition) is 5. The van der Waals surface area contributed by atoms with Gasteiger partial charge in [0.25, 0.3) is 0 Å². The molecule has 6 N–H and O–H groups in total. The van der Waals surface area contributed by atoms with Crippen molar-refractivity contribution in [3.63, 3.8) is 0 Å². The minimum Gasteiger partial charge on any atom is -0.480 e. The molecule has 12 heavy (non-hydrogen) atoms. The Morgan fingerprint density at radius 1 is 1.50 bits per heavy atom. The van der Waals surface area contributed by atoms with E-state index in [-0.39, 0.29) is 0 Å². The van der Waals surface area contributed by atoms with Gasteiger partial charge in [-0.25, -0.2) is 4.57 Å². The molecule has 0 rings (SSSR count). The summed E-state index contributed by atoms with van der Waals surface area (Å²) in [7, 11) is -4.91. The van der Waals surface area contributed by atoms with Gasteiger partial charge in [0.05, 0.1) is 0 Å². The van der Waals surface area contributed by atoms with E-state index in [1.165, 1.54) is 0 Å². The first-order valence-electron chi connectivity index (χ1n) is 2.64. The second kappa shape index (κ2) is 3.94. The standard InChI is InChI=1S/C3H8NO7P/c4-1(2(5)6)3(7)11-12(8,9)10/h1,3,7H,4H2,(H,5,6)(H2,8,9,10)/t1-,3-/m1/s1. The molecule has 0 aromatic rings. The molecule has 0 fully saturated rings. The molecule has 0 bridgehead atoms. The van der Waals surface area contributed by atoms with Crippen LogP contribution in [0.2, 0.25) is 0 Å². The van der Waals surface area contributed by atoms with Crippen LogP contribution in [0.4, 0.5) is 0 Å². The highest BCUT2D eigenvalue weighted by Crippen LogP contribution is 2.37. The number of nitrogens with two attached hydrogens (primary N) is 1. The zero-order valence-corrected chi connectivity index (χ0v) is 6.59. The quantitative estimate of drug-likeness (QED) is 0.254. The first-order valence-corrected chi connectivity index (χ1v) is 4.17. The van der Waals surface area contributed by atoms with Crippen molar-refractivity contribution in [2.45, 2.75) is 12.3 Å². The largest absolute Gasteiger partial charge is 0.480 e. The Kier molecular flexibility index (Phi) is 3.78. The van der Waals surface area contributed by atoms with E-state index >= 15 is 0 Å². The topological polar surface area (TPSA) is 150 Å². The summed E-state index contributed by atoms with van der Waals surface area (Å²) in [4.78, 5) is 26.2.